The lowest BCUT2D eigenvalue weighted by molar-refractivity contribution is -0.158. The van der Waals surface area contributed by atoms with Gasteiger partial charge in [-0.25, -0.2) is 0 Å². The van der Waals surface area contributed by atoms with Gasteiger partial charge in [0.15, 0.2) is 5.43 Å². The topological polar surface area (TPSA) is 88.8 Å². The van der Waals surface area contributed by atoms with Crippen LogP contribution in [-0.4, -0.2) is 33.5 Å². The van der Waals surface area contributed by atoms with Crippen molar-refractivity contribution in [2.24, 2.45) is 5.92 Å². The van der Waals surface area contributed by atoms with Gasteiger partial charge in [0, 0.05) is 31.1 Å². The first-order valence-electron chi connectivity index (χ1n) is 8.17. The van der Waals surface area contributed by atoms with Gasteiger partial charge in [-0.1, -0.05) is 29.8 Å². The largest absolute Gasteiger partial charge is 0.466 e. The predicted molar refractivity (Wildman–Crippen MR) is 93.0 cm³/mol. The first-order chi connectivity index (χ1) is 11.9. The van der Waals surface area contributed by atoms with E-state index in [1.807, 2.05) is 19.1 Å². The minimum absolute atomic E-state index is 0.0483. The molecule has 0 aliphatic carbocycles. The van der Waals surface area contributed by atoms with Crippen molar-refractivity contribution >= 4 is 5.97 Å². The Morgan fingerprint density at radius 1 is 1.12 bits per heavy atom. The molecular weight excluding hydrogens is 322 g/mol. The van der Waals surface area contributed by atoms with Crippen molar-refractivity contribution in [1.82, 2.24) is 4.57 Å². The molecule has 0 radical (unpaired) electrons. The van der Waals surface area contributed by atoms with Crippen LogP contribution < -0.4 is 5.43 Å². The SMILES string of the molecule is CCOC(=O)C(C(O)Cn1ccc(=O)cc1)C(O)c1ccc(C)cc1. The molecular formula is C19H23NO5. The molecule has 0 bridgehead atoms. The van der Waals surface area contributed by atoms with E-state index in [0.717, 1.165) is 5.56 Å². The van der Waals surface area contributed by atoms with Gasteiger partial charge in [0.2, 0.25) is 0 Å². The third-order valence-electron chi connectivity index (χ3n) is 3.99. The summed E-state index contributed by atoms with van der Waals surface area (Å²) in [5.41, 5.74) is 1.41. The molecule has 3 unspecified atom stereocenters. The maximum absolute atomic E-state index is 12.3. The van der Waals surface area contributed by atoms with Gasteiger partial charge >= 0.3 is 5.97 Å². The third kappa shape index (κ3) is 5.01. The summed E-state index contributed by atoms with van der Waals surface area (Å²) >= 11 is 0. The van der Waals surface area contributed by atoms with Crippen LogP contribution in [0.1, 0.15) is 24.2 Å². The zero-order valence-electron chi connectivity index (χ0n) is 14.3. The first-order valence-corrected chi connectivity index (χ1v) is 8.17. The molecule has 0 amide bonds. The number of aryl methyl sites for hydroxylation is 1. The molecule has 0 fully saturated rings. The summed E-state index contributed by atoms with van der Waals surface area (Å²) in [6.07, 6.45) is 0.657. The number of rotatable bonds is 7. The number of carbonyl (C=O) groups is 1. The number of hydrogen-bond donors (Lipinski definition) is 2. The van der Waals surface area contributed by atoms with E-state index in [9.17, 15) is 19.8 Å². The summed E-state index contributed by atoms with van der Waals surface area (Å²) in [5, 5.41) is 21.2. The zero-order chi connectivity index (χ0) is 18.4. The molecule has 0 saturated carbocycles. The highest BCUT2D eigenvalue weighted by molar-refractivity contribution is 5.74. The quantitative estimate of drug-likeness (QED) is 0.741. The Labute approximate surface area is 146 Å². The number of aromatic nitrogens is 1. The number of benzene rings is 1. The van der Waals surface area contributed by atoms with Crippen LogP contribution in [0.4, 0.5) is 0 Å². The van der Waals surface area contributed by atoms with Crippen molar-refractivity contribution in [3.63, 3.8) is 0 Å². The number of nitrogens with zero attached hydrogens (tertiary/aromatic N) is 1. The van der Waals surface area contributed by atoms with Crippen LogP contribution in [-0.2, 0) is 16.1 Å². The summed E-state index contributed by atoms with van der Waals surface area (Å²) in [4.78, 5) is 23.5. The molecule has 2 rings (SSSR count). The van der Waals surface area contributed by atoms with E-state index in [1.54, 1.807) is 23.6 Å². The average molecular weight is 345 g/mol. The molecule has 0 saturated heterocycles. The van der Waals surface area contributed by atoms with Crippen molar-refractivity contribution in [1.29, 1.82) is 0 Å². The minimum Gasteiger partial charge on any atom is -0.466 e. The van der Waals surface area contributed by atoms with E-state index in [-0.39, 0.29) is 18.6 Å². The number of pyridine rings is 1. The molecule has 1 aromatic heterocycles. The van der Waals surface area contributed by atoms with Crippen LogP contribution in [0.15, 0.2) is 53.6 Å². The van der Waals surface area contributed by atoms with E-state index < -0.39 is 24.1 Å². The summed E-state index contributed by atoms with van der Waals surface area (Å²) in [5.74, 6) is -1.80. The van der Waals surface area contributed by atoms with Gasteiger partial charge in [-0.2, -0.15) is 0 Å². The van der Waals surface area contributed by atoms with Crippen molar-refractivity contribution < 1.29 is 19.7 Å². The Morgan fingerprint density at radius 3 is 2.28 bits per heavy atom. The molecule has 6 nitrogen and oxygen atoms in total. The lowest BCUT2D eigenvalue weighted by Gasteiger charge is -2.27. The number of hydrogen-bond acceptors (Lipinski definition) is 5. The van der Waals surface area contributed by atoms with E-state index in [0.29, 0.717) is 5.56 Å². The molecule has 2 N–H and O–H groups in total. The van der Waals surface area contributed by atoms with E-state index in [2.05, 4.69) is 0 Å². The molecule has 1 aromatic carbocycles. The Bertz CT molecular complexity index is 733. The maximum atomic E-state index is 12.3. The molecule has 134 valence electrons. The van der Waals surface area contributed by atoms with Crippen LogP contribution in [0.5, 0.6) is 0 Å². The predicted octanol–water partition coefficient (Wildman–Crippen LogP) is 1.43. The Kier molecular flexibility index (Phi) is 6.50. The molecule has 2 aromatic rings. The van der Waals surface area contributed by atoms with Crippen molar-refractivity contribution in [2.45, 2.75) is 32.6 Å². The Balaban J connectivity index is 2.24. The highest BCUT2D eigenvalue weighted by Gasteiger charge is 2.36. The highest BCUT2D eigenvalue weighted by atomic mass is 16.5. The van der Waals surface area contributed by atoms with Gasteiger partial charge in [-0.3, -0.25) is 9.59 Å². The number of aliphatic hydroxyl groups excluding tert-OH is 2. The monoisotopic (exact) mass is 345 g/mol. The summed E-state index contributed by atoms with van der Waals surface area (Å²) in [7, 11) is 0. The minimum atomic E-state index is -1.20. The fraction of sp³-hybridized carbons (Fsp3) is 0.368. The fourth-order valence-electron chi connectivity index (χ4n) is 2.60. The van der Waals surface area contributed by atoms with Gasteiger partial charge in [-0.05, 0) is 19.4 Å². The Morgan fingerprint density at radius 2 is 1.72 bits per heavy atom. The number of esters is 1. The molecule has 0 aliphatic rings. The second kappa shape index (κ2) is 8.60. The Hall–Kier alpha value is -2.44. The van der Waals surface area contributed by atoms with Crippen LogP contribution in [0.25, 0.3) is 0 Å². The van der Waals surface area contributed by atoms with Crippen LogP contribution in [0.2, 0.25) is 0 Å². The maximum Gasteiger partial charge on any atom is 0.314 e. The lowest BCUT2D eigenvalue weighted by Crippen LogP contribution is -2.37. The van der Waals surface area contributed by atoms with Crippen molar-refractivity contribution in [2.75, 3.05) is 6.61 Å². The fourth-order valence-corrected chi connectivity index (χ4v) is 2.60. The molecule has 3 atom stereocenters. The second-order valence-corrected chi connectivity index (χ2v) is 5.93. The zero-order valence-corrected chi connectivity index (χ0v) is 14.3. The normalized spacial score (nSPS) is 14.6. The smallest absolute Gasteiger partial charge is 0.314 e. The van der Waals surface area contributed by atoms with E-state index in [4.69, 9.17) is 4.74 Å². The van der Waals surface area contributed by atoms with Gasteiger partial charge in [0.05, 0.1) is 18.8 Å². The summed E-state index contributed by atoms with van der Waals surface area (Å²) in [6, 6.07) is 9.82. The average Bonchev–Trinajstić information content (AvgIpc) is 2.58. The first kappa shape index (κ1) is 18.9. The number of ether oxygens (including phenoxy) is 1. The summed E-state index contributed by atoms with van der Waals surface area (Å²) in [6.45, 7) is 3.79. The van der Waals surface area contributed by atoms with Crippen LogP contribution in [0, 0.1) is 12.8 Å². The van der Waals surface area contributed by atoms with E-state index in [1.165, 1.54) is 24.5 Å². The molecule has 6 heteroatoms. The highest BCUT2D eigenvalue weighted by Crippen LogP contribution is 2.27. The van der Waals surface area contributed by atoms with Gasteiger partial charge in [-0.15, -0.1) is 0 Å². The van der Waals surface area contributed by atoms with Gasteiger partial charge in [0.1, 0.15) is 5.92 Å². The van der Waals surface area contributed by atoms with Gasteiger partial charge < -0.3 is 19.5 Å². The van der Waals surface area contributed by atoms with Gasteiger partial charge in [0.25, 0.3) is 0 Å². The molecule has 25 heavy (non-hydrogen) atoms. The van der Waals surface area contributed by atoms with Crippen LogP contribution in [0.3, 0.4) is 0 Å². The van der Waals surface area contributed by atoms with E-state index >= 15 is 0 Å². The van der Waals surface area contributed by atoms with Crippen molar-refractivity contribution in [3.05, 3.63) is 70.1 Å². The lowest BCUT2D eigenvalue weighted by atomic mass is 9.90. The summed E-state index contributed by atoms with van der Waals surface area (Å²) < 4.78 is 6.61. The second-order valence-electron chi connectivity index (χ2n) is 5.93. The third-order valence-corrected chi connectivity index (χ3v) is 3.99. The standard InChI is InChI=1S/C19H23NO5/c1-3-25-19(24)17(18(23)14-6-4-13(2)5-7-14)16(22)12-20-10-8-15(21)9-11-20/h4-11,16-18,22-23H,3,12H2,1-2H3. The molecule has 0 spiro atoms. The number of carbonyl (C=O) groups excluding carboxylic acids is 1. The van der Waals surface area contributed by atoms with Crippen LogP contribution >= 0.6 is 0 Å². The number of aliphatic hydroxyl groups is 2. The molecule has 1 heterocycles. The molecule has 0 aliphatic heterocycles. The van der Waals surface area contributed by atoms with Crippen molar-refractivity contribution in [3.8, 4) is 0 Å².